The Morgan fingerprint density at radius 1 is 1.40 bits per heavy atom. The van der Waals surface area contributed by atoms with E-state index in [1.807, 2.05) is 11.7 Å². The van der Waals surface area contributed by atoms with Crippen LogP contribution in [0.25, 0.3) is 0 Å². The molecular weight excluding hydrogens is 296 g/mol. The van der Waals surface area contributed by atoms with Crippen LogP contribution in [0.15, 0.2) is 23.1 Å². The van der Waals surface area contributed by atoms with Crippen molar-refractivity contribution < 1.29 is 8.42 Å². The Morgan fingerprint density at radius 2 is 2.25 bits per heavy atom. The highest BCUT2D eigenvalue weighted by Gasteiger charge is 2.21. The first-order chi connectivity index (χ1) is 9.52. The van der Waals surface area contributed by atoms with Gasteiger partial charge in [0.25, 0.3) is 0 Å². The lowest BCUT2D eigenvalue weighted by atomic mass is 10.1. The Labute approximate surface area is 121 Å². The van der Waals surface area contributed by atoms with Crippen molar-refractivity contribution in [2.24, 2.45) is 0 Å². The molecule has 1 aliphatic rings. The van der Waals surface area contributed by atoms with Crippen molar-refractivity contribution in [3.8, 4) is 0 Å². The molecule has 0 saturated carbocycles. The van der Waals surface area contributed by atoms with E-state index in [9.17, 15) is 8.42 Å². The molecule has 3 rings (SSSR count). The van der Waals surface area contributed by atoms with Gasteiger partial charge in [0.1, 0.15) is 0 Å². The van der Waals surface area contributed by atoms with Gasteiger partial charge in [-0.25, -0.2) is 18.4 Å². The number of hydrogen-bond donors (Lipinski definition) is 0. The molecule has 0 saturated heterocycles. The van der Waals surface area contributed by atoms with Crippen LogP contribution < -0.4 is 0 Å². The van der Waals surface area contributed by atoms with Gasteiger partial charge in [-0.1, -0.05) is 0 Å². The predicted octanol–water partition coefficient (Wildman–Crippen LogP) is 0.895. The average Bonchev–Trinajstić information content (AvgIpc) is 2.90. The standard InChI is InChI=1S/C12H14N4O2S2/c1-20(17,18)12-14-4-9-6-16(3-2-11(9)15-12)7-10-5-13-8-19-10/h4-5,8H,2-3,6-7H2,1H3. The molecule has 1 aliphatic heterocycles. The van der Waals surface area contributed by atoms with E-state index in [1.54, 1.807) is 17.5 Å². The van der Waals surface area contributed by atoms with E-state index in [0.29, 0.717) is 0 Å². The lowest BCUT2D eigenvalue weighted by molar-refractivity contribution is 0.244. The molecule has 0 radical (unpaired) electrons. The van der Waals surface area contributed by atoms with Crippen molar-refractivity contribution >= 4 is 21.2 Å². The van der Waals surface area contributed by atoms with Gasteiger partial charge in [0.2, 0.25) is 15.0 Å². The van der Waals surface area contributed by atoms with Crippen LogP contribution in [0.5, 0.6) is 0 Å². The van der Waals surface area contributed by atoms with E-state index in [0.717, 1.165) is 43.6 Å². The number of rotatable bonds is 3. The molecule has 0 N–H and O–H groups in total. The largest absolute Gasteiger partial charge is 0.293 e. The van der Waals surface area contributed by atoms with E-state index in [4.69, 9.17) is 0 Å². The van der Waals surface area contributed by atoms with Crippen molar-refractivity contribution in [1.82, 2.24) is 19.9 Å². The highest BCUT2D eigenvalue weighted by molar-refractivity contribution is 7.90. The number of fused-ring (bicyclic) bond motifs is 1. The summed E-state index contributed by atoms with van der Waals surface area (Å²) < 4.78 is 22.9. The molecule has 0 amide bonds. The predicted molar refractivity (Wildman–Crippen MR) is 75.1 cm³/mol. The van der Waals surface area contributed by atoms with Crippen LogP contribution in [0.3, 0.4) is 0 Å². The molecule has 0 spiro atoms. The second-order valence-corrected chi connectivity index (χ2v) is 7.71. The summed E-state index contributed by atoms with van der Waals surface area (Å²) in [4.78, 5) is 15.7. The third-order valence-electron chi connectivity index (χ3n) is 3.19. The monoisotopic (exact) mass is 310 g/mol. The molecule has 106 valence electrons. The summed E-state index contributed by atoms with van der Waals surface area (Å²) in [5, 5.41) is -0.0767. The molecule has 3 heterocycles. The maximum absolute atomic E-state index is 11.5. The summed E-state index contributed by atoms with van der Waals surface area (Å²) in [5.74, 6) is 0. The zero-order valence-corrected chi connectivity index (χ0v) is 12.6. The Morgan fingerprint density at radius 3 is 2.95 bits per heavy atom. The molecule has 2 aromatic rings. The lowest BCUT2D eigenvalue weighted by Gasteiger charge is -2.27. The van der Waals surface area contributed by atoms with Crippen LogP contribution in [-0.2, 0) is 29.3 Å². The zero-order valence-electron chi connectivity index (χ0n) is 11.0. The maximum Gasteiger partial charge on any atom is 0.246 e. The van der Waals surface area contributed by atoms with Crippen molar-refractivity contribution in [1.29, 1.82) is 0 Å². The average molecular weight is 310 g/mol. The quantitative estimate of drug-likeness (QED) is 0.784. The van der Waals surface area contributed by atoms with Crippen LogP contribution in [0.2, 0.25) is 0 Å². The summed E-state index contributed by atoms with van der Waals surface area (Å²) in [7, 11) is -3.33. The molecule has 0 unspecified atom stereocenters. The molecule has 8 heteroatoms. The smallest absolute Gasteiger partial charge is 0.246 e. The lowest BCUT2D eigenvalue weighted by Crippen LogP contribution is -2.31. The number of aromatic nitrogens is 3. The van der Waals surface area contributed by atoms with Crippen molar-refractivity contribution in [2.45, 2.75) is 24.7 Å². The Kier molecular flexibility index (Phi) is 3.53. The summed E-state index contributed by atoms with van der Waals surface area (Å²) in [5.41, 5.74) is 3.68. The fourth-order valence-corrected chi connectivity index (χ4v) is 3.37. The molecule has 0 atom stereocenters. The van der Waals surface area contributed by atoms with E-state index < -0.39 is 9.84 Å². The normalized spacial score (nSPS) is 16.1. The summed E-state index contributed by atoms with van der Waals surface area (Å²) in [6.07, 6.45) is 5.40. The number of thiazole rings is 1. The van der Waals surface area contributed by atoms with Crippen LogP contribution in [-0.4, -0.2) is 41.1 Å². The van der Waals surface area contributed by atoms with Gasteiger partial charge in [0, 0.05) is 55.1 Å². The third-order valence-corrected chi connectivity index (χ3v) is 4.81. The van der Waals surface area contributed by atoms with E-state index in [-0.39, 0.29) is 5.16 Å². The Bertz CT molecular complexity index is 713. The number of sulfone groups is 1. The SMILES string of the molecule is CS(=O)(=O)c1ncc2c(n1)CCN(Cc1cncs1)C2. The highest BCUT2D eigenvalue weighted by atomic mass is 32.2. The van der Waals surface area contributed by atoms with E-state index in [1.165, 1.54) is 4.88 Å². The minimum Gasteiger partial charge on any atom is -0.293 e. The highest BCUT2D eigenvalue weighted by Crippen LogP contribution is 2.20. The van der Waals surface area contributed by atoms with Gasteiger partial charge in [0.05, 0.1) is 11.2 Å². The second kappa shape index (κ2) is 5.19. The van der Waals surface area contributed by atoms with Gasteiger partial charge < -0.3 is 0 Å². The van der Waals surface area contributed by atoms with Crippen LogP contribution in [0, 0.1) is 0 Å². The molecule has 2 aromatic heterocycles. The Balaban J connectivity index is 1.79. The molecule has 0 bridgehead atoms. The minimum atomic E-state index is -3.33. The fraction of sp³-hybridized carbons (Fsp3) is 0.417. The van der Waals surface area contributed by atoms with Gasteiger partial charge in [-0.15, -0.1) is 11.3 Å². The second-order valence-electron chi connectivity index (χ2n) is 4.83. The first-order valence-electron chi connectivity index (χ1n) is 6.17. The van der Waals surface area contributed by atoms with Crippen molar-refractivity contribution in [3.05, 3.63) is 34.0 Å². The van der Waals surface area contributed by atoms with Crippen LogP contribution in [0.1, 0.15) is 16.1 Å². The van der Waals surface area contributed by atoms with Gasteiger partial charge >= 0.3 is 0 Å². The third kappa shape index (κ3) is 2.87. The summed E-state index contributed by atoms with van der Waals surface area (Å²) in [6, 6.07) is 0. The Hall–Kier alpha value is -1.38. The topological polar surface area (TPSA) is 76.1 Å². The molecular formula is C12H14N4O2S2. The van der Waals surface area contributed by atoms with Crippen LogP contribution >= 0.6 is 11.3 Å². The first kappa shape index (κ1) is 13.6. The number of hydrogen-bond acceptors (Lipinski definition) is 7. The van der Waals surface area contributed by atoms with Gasteiger partial charge in [-0.05, 0) is 0 Å². The zero-order chi connectivity index (χ0) is 14.2. The molecule has 0 fully saturated rings. The fourth-order valence-electron chi connectivity index (χ4n) is 2.21. The summed E-state index contributed by atoms with van der Waals surface area (Å²) >= 11 is 1.64. The first-order valence-corrected chi connectivity index (χ1v) is 8.94. The van der Waals surface area contributed by atoms with E-state index in [2.05, 4.69) is 19.9 Å². The van der Waals surface area contributed by atoms with Gasteiger partial charge in [-0.2, -0.15) is 0 Å². The number of nitrogens with zero attached hydrogens (tertiary/aromatic N) is 4. The molecule has 20 heavy (non-hydrogen) atoms. The summed E-state index contributed by atoms with van der Waals surface area (Å²) in [6.45, 7) is 2.47. The minimum absolute atomic E-state index is 0.0767. The molecule has 6 nitrogen and oxygen atoms in total. The van der Waals surface area contributed by atoms with Crippen molar-refractivity contribution in [3.63, 3.8) is 0 Å². The molecule has 0 aliphatic carbocycles. The van der Waals surface area contributed by atoms with Crippen molar-refractivity contribution in [2.75, 3.05) is 12.8 Å². The molecule has 0 aromatic carbocycles. The van der Waals surface area contributed by atoms with Gasteiger partial charge in [-0.3, -0.25) is 9.88 Å². The van der Waals surface area contributed by atoms with Gasteiger partial charge in [0.15, 0.2) is 0 Å². The van der Waals surface area contributed by atoms with Crippen LogP contribution in [0.4, 0.5) is 0 Å². The maximum atomic E-state index is 11.5. The van der Waals surface area contributed by atoms with E-state index >= 15 is 0 Å².